The third-order valence-corrected chi connectivity index (χ3v) is 6.42. The van der Waals surface area contributed by atoms with Crippen molar-refractivity contribution < 1.29 is 9.59 Å². The Hall–Kier alpha value is -2.22. The third-order valence-electron chi connectivity index (χ3n) is 4.61. The lowest BCUT2D eigenvalue weighted by atomic mass is 10.1. The van der Waals surface area contributed by atoms with Crippen molar-refractivity contribution in [2.75, 3.05) is 18.4 Å². The van der Waals surface area contributed by atoms with E-state index in [1.54, 1.807) is 34.9 Å². The SMILES string of the molecule is O=C(Nc1cc(Cl)ccc1C(=O)N1CCCCC1)c1csc(-c2ccsc2)n1. The standard InChI is InChI=1S/C20H18ClN3O2S2/c21-14-4-5-15(20(26)24-7-2-1-3-8-24)16(10-14)22-18(25)17-12-28-19(23-17)13-6-9-27-11-13/h4-6,9-12H,1-3,7-8H2,(H,22,25). The van der Waals surface area contributed by atoms with Crippen molar-refractivity contribution >= 4 is 51.8 Å². The molecule has 4 rings (SSSR count). The average Bonchev–Trinajstić information content (AvgIpc) is 3.40. The maximum absolute atomic E-state index is 12.9. The summed E-state index contributed by atoms with van der Waals surface area (Å²) >= 11 is 9.12. The highest BCUT2D eigenvalue weighted by Crippen LogP contribution is 2.28. The second kappa shape index (κ2) is 8.43. The van der Waals surface area contributed by atoms with Crippen LogP contribution in [0.15, 0.2) is 40.4 Å². The van der Waals surface area contributed by atoms with Crippen LogP contribution < -0.4 is 5.32 Å². The van der Waals surface area contributed by atoms with E-state index in [2.05, 4.69) is 10.3 Å². The predicted octanol–water partition coefficient (Wildman–Crippen LogP) is 5.40. The van der Waals surface area contributed by atoms with E-state index in [-0.39, 0.29) is 11.8 Å². The van der Waals surface area contributed by atoms with Gasteiger partial charge in [0.25, 0.3) is 11.8 Å². The minimum absolute atomic E-state index is 0.0797. The minimum atomic E-state index is -0.354. The number of benzene rings is 1. The Morgan fingerprint density at radius 2 is 1.93 bits per heavy atom. The van der Waals surface area contributed by atoms with Crippen LogP contribution in [-0.2, 0) is 0 Å². The van der Waals surface area contributed by atoms with Gasteiger partial charge in [0.05, 0.1) is 11.3 Å². The summed E-state index contributed by atoms with van der Waals surface area (Å²) in [5, 5.41) is 9.76. The van der Waals surface area contributed by atoms with Gasteiger partial charge in [0.1, 0.15) is 10.7 Å². The molecule has 0 radical (unpaired) electrons. The van der Waals surface area contributed by atoms with Crippen molar-refractivity contribution in [3.05, 3.63) is 56.7 Å². The molecule has 1 aromatic carbocycles. The van der Waals surface area contributed by atoms with Crippen LogP contribution in [0.2, 0.25) is 5.02 Å². The lowest BCUT2D eigenvalue weighted by Gasteiger charge is -2.27. The topological polar surface area (TPSA) is 62.3 Å². The highest BCUT2D eigenvalue weighted by molar-refractivity contribution is 7.14. The average molecular weight is 432 g/mol. The van der Waals surface area contributed by atoms with Gasteiger partial charge in [0, 0.05) is 34.4 Å². The highest BCUT2D eigenvalue weighted by Gasteiger charge is 2.22. The first-order valence-electron chi connectivity index (χ1n) is 9.00. The lowest BCUT2D eigenvalue weighted by Crippen LogP contribution is -2.36. The van der Waals surface area contributed by atoms with Gasteiger partial charge >= 0.3 is 0 Å². The molecule has 0 spiro atoms. The van der Waals surface area contributed by atoms with Gasteiger partial charge in [-0.2, -0.15) is 11.3 Å². The number of likely N-dealkylation sites (tertiary alicyclic amines) is 1. The monoisotopic (exact) mass is 431 g/mol. The molecular weight excluding hydrogens is 414 g/mol. The molecule has 2 amide bonds. The smallest absolute Gasteiger partial charge is 0.275 e. The summed E-state index contributed by atoms with van der Waals surface area (Å²) in [6, 6.07) is 6.93. The summed E-state index contributed by atoms with van der Waals surface area (Å²) in [6.07, 6.45) is 3.15. The first-order valence-corrected chi connectivity index (χ1v) is 11.2. The van der Waals surface area contributed by atoms with Crippen molar-refractivity contribution in [1.29, 1.82) is 0 Å². The Labute approximate surface area is 176 Å². The number of hydrogen-bond acceptors (Lipinski definition) is 5. The number of halogens is 1. The number of rotatable bonds is 4. The van der Waals surface area contributed by atoms with Gasteiger partial charge in [-0.3, -0.25) is 9.59 Å². The van der Waals surface area contributed by atoms with Crippen molar-refractivity contribution in [2.45, 2.75) is 19.3 Å². The summed E-state index contributed by atoms with van der Waals surface area (Å²) in [5.74, 6) is -0.434. The molecule has 3 aromatic rings. The van der Waals surface area contributed by atoms with E-state index in [0.717, 1.165) is 42.9 Å². The molecule has 1 aliphatic rings. The largest absolute Gasteiger partial charge is 0.339 e. The number of aromatic nitrogens is 1. The van der Waals surface area contributed by atoms with E-state index >= 15 is 0 Å². The molecule has 144 valence electrons. The molecule has 5 nitrogen and oxygen atoms in total. The Morgan fingerprint density at radius 1 is 1.11 bits per heavy atom. The van der Waals surface area contributed by atoms with Gasteiger partial charge in [-0.05, 0) is 48.9 Å². The molecule has 0 bridgehead atoms. The fraction of sp³-hybridized carbons (Fsp3) is 0.250. The molecule has 3 heterocycles. The predicted molar refractivity (Wildman–Crippen MR) is 115 cm³/mol. The van der Waals surface area contributed by atoms with E-state index in [9.17, 15) is 9.59 Å². The molecule has 1 saturated heterocycles. The molecule has 2 aromatic heterocycles. The number of thiazole rings is 1. The molecule has 0 aliphatic carbocycles. The van der Waals surface area contributed by atoms with Crippen LogP contribution in [0.1, 0.15) is 40.1 Å². The second-order valence-corrected chi connectivity index (χ2v) is 8.62. The molecule has 1 aliphatic heterocycles. The maximum atomic E-state index is 12.9. The molecular formula is C20H18ClN3O2S2. The fourth-order valence-electron chi connectivity index (χ4n) is 3.16. The van der Waals surface area contributed by atoms with Crippen molar-refractivity contribution in [1.82, 2.24) is 9.88 Å². The molecule has 1 fully saturated rings. The number of amides is 2. The Balaban J connectivity index is 1.56. The zero-order valence-corrected chi connectivity index (χ0v) is 17.4. The van der Waals surface area contributed by atoms with Gasteiger partial charge in [0.15, 0.2) is 0 Å². The maximum Gasteiger partial charge on any atom is 0.275 e. The third kappa shape index (κ3) is 4.11. The van der Waals surface area contributed by atoms with E-state index in [1.165, 1.54) is 11.3 Å². The molecule has 28 heavy (non-hydrogen) atoms. The van der Waals surface area contributed by atoms with Crippen molar-refractivity contribution in [3.8, 4) is 10.6 Å². The van der Waals surface area contributed by atoms with Crippen LogP contribution in [0.25, 0.3) is 10.6 Å². The molecule has 0 atom stereocenters. The lowest BCUT2D eigenvalue weighted by molar-refractivity contribution is 0.0725. The summed E-state index contributed by atoms with van der Waals surface area (Å²) < 4.78 is 0. The van der Waals surface area contributed by atoms with Crippen LogP contribution in [0, 0.1) is 0 Å². The summed E-state index contributed by atoms with van der Waals surface area (Å²) in [7, 11) is 0. The molecule has 1 N–H and O–H groups in total. The Kier molecular flexibility index (Phi) is 5.75. The van der Waals surface area contributed by atoms with Crippen LogP contribution in [0.3, 0.4) is 0 Å². The highest BCUT2D eigenvalue weighted by atomic mass is 35.5. The first kappa shape index (κ1) is 19.1. The number of anilines is 1. The van der Waals surface area contributed by atoms with Gasteiger partial charge in [0.2, 0.25) is 0 Å². The molecule has 0 saturated carbocycles. The number of carbonyl (C=O) groups excluding carboxylic acids is 2. The zero-order chi connectivity index (χ0) is 19.5. The fourth-order valence-corrected chi connectivity index (χ4v) is 4.84. The molecule has 0 unspecified atom stereocenters. The van der Waals surface area contributed by atoms with Crippen molar-refractivity contribution in [2.24, 2.45) is 0 Å². The number of carbonyl (C=O) groups is 2. The summed E-state index contributed by atoms with van der Waals surface area (Å²) in [4.78, 5) is 31.9. The van der Waals surface area contributed by atoms with Crippen molar-refractivity contribution in [3.63, 3.8) is 0 Å². The molecule has 8 heteroatoms. The minimum Gasteiger partial charge on any atom is -0.339 e. The van der Waals surface area contributed by atoms with E-state index in [4.69, 9.17) is 11.6 Å². The first-order chi connectivity index (χ1) is 13.6. The van der Waals surface area contributed by atoms with Gasteiger partial charge in [-0.25, -0.2) is 4.98 Å². The van der Waals surface area contributed by atoms with Gasteiger partial charge in [-0.1, -0.05) is 11.6 Å². The zero-order valence-electron chi connectivity index (χ0n) is 15.0. The number of thiophene rings is 1. The van der Waals surface area contributed by atoms with Crippen LogP contribution in [-0.4, -0.2) is 34.8 Å². The Bertz CT molecular complexity index is 995. The van der Waals surface area contributed by atoms with E-state index in [1.807, 2.05) is 21.7 Å². The summed E-state index contributed by atoms with van der Waals surface area (Å²) in [5.41, 5.74) is 2.19. The van der Waals surface area contributed by atoms with E-state index in [0.29, 0.717) is 22.0 Å². The quantitative estimate of drug-likeness (QED) is 0.601. The van der Waals surface area contributed by atoms with Crippen LogP contribution in [0.5, 0.6) is 0 Å². The number of nitrogens with zero attached hydrogens (tertiary/aromatic N) is 2. The summed E-state index contributed by atoms with van der Waals surface area (Å²) in [6.45, 7) is 1.48. The Morgan fingerprint density at radius 3 is 2.68 bits per heavy atom. The normalized spacial score (nSPS) is 14.1. The van der Waals surface area contributed by atoms with Gasteiger partial charge in [-0.15, -0.1) is 11.3 Å². The van der Waals surface area contributed by atoms with Crippen LogP contribution in [0.4, 0.5) is 5.69 Å². The van der Waals surface area contributed by atoms with Gasteiger partial charge < -0.3 is 10.2 Å². The number of hydrogen-bond donors (Lipinski definition) is 1. The van der Waals surface area contributed by atoms with Crippen LogP contribution >= 0.6 is 34.3 Å². The second-order valence-electron chi connectivity index (χ2n) is 6.55. The van der Waals surface area contributed by atoms with E-state index < -0.39 is 0 Å². The number of nitrogens with one attached hydrogen (secondary N) is 1. The number of piperidine rings is 1.